The lowest BCUT2D eigenvalue weighted by atomic mass is 9.97. The Bertz CT molecular complexity index is 977. The van der Waals surface area contributed by atoms with Crippen LogP contribution in [0.15, 0.2) is 108 Å². The minimum atomic E-state index is -0.846. The van der Waals surface area contributed by atoms with Crippen molar-refractivity contribution in [1.29, 1.82) is 0 Å². The molecular weight excluding hydrogens is 549 g/mol. The number of hydrogen-bond donors (Lipinski definition) is 0. The van der Waals surface area contributed by atoms with Gasteiger partial charge in [0.05, 0.1) is 6.17 Å². The first kappa shape index (κ1) is 39.6. The van der Waals surface area contributed by atoms with E-state index >= 15 is 0 Å². The van der Waals surface area contributed by atoms with Crippen LogP contribution in [0.5, 0.6) is 0 Å². The molecule has 0 N–H and O–H groups in total. The number of alkyl halides is 1. The van der Waals surface area contributed by atoms with E-state index in [1.807, 2.05) is 56.4 Å². The van der Waals surface area contributed by atoms with Crippen LogP contribution in [0.2, 0.25) is 0 Å². The van der Waals surface area contributed by atoms with Crippen molar-refractivity contribution in [3.05, 3.63) is 108 Å². The Hall–Kier alpha value is -2.40. The molecule has 0 aliphatic rings. The van der Waals surface area contributed by atoms with E-state index in [0.717, 1.165) is 29.4 Å². The standard InChI is InChI=1S/C37H55F3OS/c1-30(2)16-10-18-32(4)20-12-22-33(5)21-11-19-31(3)17-8-9-26-36(41-39)27-13-23-34(6)24-14-28-37(42-40)29-15-25-35(7)38/h8-9,11-14,17,19,21-24,26-27,30,32,35,37H,10,15-16,18,20,25,28-29H2,1-7H3/b9-8+,19-11+,22-12+,24-14+,27-13+,31-17+,33-21+,34-23+,36-26-. The minimum absolute atomic E-state index is 0.0800. The first-order valence-electron chi connectivity index (χ1n) is 15.4. The van der Waals surface area contributed by atoms with Crippen LogP contribution in [0.25, 0.3) is 0 Å². The molecule has 0 spiro atoms. The van der Waals surface area contributed by atoms with Crippen molar-refractivity contribution in [1.82, 2.24) is 0 Å². The van der Waals surface area contributed by atoms with Crippen LogP contribution in [-0.4, -0.2) is 11.4 Å². The second-order valence-electron chi connectivity index (χ2n) is 11.6. The molecule has 5 heteroatoms. The molecule has 3 unspecified atom stereocenters. The van der Waals surface area contributed by atoms with Gasteiger partial charge in [0.2, 0.25) is 0 Å². The topological polar surface area (TPSA) is 9.23 Å². The summed E-state index contributed by atoms with van der Waals surface area (Å²) in [6.07, 6.45) is 33.1. The average Bonchev–Trinajstić information content (AvgIpc) is 2.93. The average molecular weight is 605 g/mol. The Labute approximate surface area is 260 Å². The van der Waals surface area contributed by atoms with Crippen molar-refractivity contribution >= 4 is 12.1 Å². The Morgan fingerprint density at radius 2 is 1.21 bits per heavy atom. The Balaban J connectivity index is 4.69. The Morgan fingerprint density at radius 3 is 1.81 bits per heavy atom. The van der Waals surface area contributed by atoms with Gasteiger partial charge in [0.1, 0.15) is 0 Å². The molecule has 42 heavy (non-hydrogen) atoms. The van der Waals surface area contributed by atoms with Crippen LogP contribution >= 0.6 is 12.1 Å². The molecule has 0 aliphatic heterocycles. The first-order chi connectivity index (χ1) is 20.1. The van der Waals surface area contributed by atoms with E-state index in [0.29, 0.717) is 37.8 Å². The summed E-state index contributed by atoms with van der Waals surface area (Å²) >= 11 is 0.327. The van der Waals surface area contributed by atoms with Gasteiger partial charge in [-0.1, -0.05) is 130 Å². The maximum Gasteiger partial charge on any atom is 0.171 e. The molecule has 0 saturated heterocycles. The van der Waals surface area contributed by atoms with Crippen molar-refractivity contribution in [2.24, 2.45) is 11.8 Å². The molecule has 0 radical (unpaired) electrons. The summed E-state index contributed by atoms with van der Waals surface area (Å²) < 4.78 is 38.9. The molecule has 0 amide bonds. The molecule has 0 saturated carbocycles. The first-order valence-corrected chi connectivity index (χ1v) is 16.1. The van der Waals surface area contributed by atoms with Crippen molar-refractivity contribution in [3.63, 3.8) is 0 Å². The van der Waals surface area contributed by atoms with Crippen molar-refractivity contribution < 1.29 is 17.7 Å². The van der Waals surface area contributed by atoms with E-state index in [1.165, 1.54) is 37.8 Å². The highest BCUT2D eigenvalue weighted by Crippen LogP contribution is 2.23. The third kappa shape index (κ3) is 25.3. The van der Waals surface area contributed by atoms with E-state index in [1.54, 1.807) is 18.2 Å². The summed E-state index contributed by atoms with van der Waals surface area (Å²) in [5.74, 6) is 1.59. The molecule has 0 heterocycles. The van der Waals surface area contributed by atoms with Gasteiger partial charge >= 0.3 is 0 Å². The fourth-order valence-corrected chi connectivity index (χ4v) is 4.43. The molecule has 3 atom stereocenters. The molecular formula is C37H55F3OS. The molecule has 0 aliphatic carbocycles. The molecule has 236 valence electrons. The van der Waals surface area contributed by atoms with Gasteiger partial charge in [0.25, 0.3) is 0 Å². The van der Waals surface area contributed by atoms with E-state index in [2.05, 4.69) is 50.9 Å². The Kier molecular flexibility index (Phi) is 24.7. The largest absolute Gasteiger partial charge is 0.294 e. The van der Waals surface area contributed by atoms with Crippen LogP contribution in [0.3, 0.4) is 0 Å². The quantitative estimate of drug-likeness (QED) is 0.0898. The Morgan fingerprint density at radius 1 is 0.667 bits per heavy atom. The SMILES string of the molecule is CC(/C=C/C=C(C)/C=C/CC(C)CCCC(C)C)=C\C=C\C=C(\C=C\C=C(C)\C=C\CC(CCCC(C)F)SF)OF. The summed E-state index contributed by atoms with van der Waals surface area (Å²) in [6.45, 7) is 14.4. The maximum atomic E-state index is 13.1. The lowest BCUT2D eigenvalue weighted by Gasteiger charge is -2.09. The van der Waals surface area contributed by atoms with E-state index in [-0.39, 0.29) is 11.0 Å². The normalized spacial score (nSPS) is 16.7. The fourth-order valence-electron chi connectivity index (χ4n) is 3.99. The van der Waals surface area contributed by atoms with Gasteiger partial charge in [0.15, 0.2) is 5.76 Å². The third-order valence-corrected chi connectivity index (χ3v) is 7.27. The van der Waals surface area contributed by atoms with Crippen molar-refractivity contribution in [3.8, 4) is 0 Å². The van der Waals surface area contributed by atoms with Gasteiger partial charge in [-0.15, -0.1) is 0 Å². The van der Waals surface area contributed by atoms with Crippen LogP contribution in [0.4, 0.5) is 12.8 Å². The number of allylic oxidation sites excluding steroid dienone is 17. The summed E-state index contributed by atoms with van der Waals surface area (Å²) in [6, 6.07) is 0. The number of hydrogen-bond acceptors (Lipinski definition) is 2. The van der Waals surface area contributed by atoms with Gasteiger partial charge in [-0.2, -0.15) is 3.89 Å². The molecule has 0 aromatic rings. The molecule has 0 bridgehead atoms. The lowest BCUT2D eigenvalue weighted by Crippen LogP contribution is -2.01. The van der Waals surface area contributed by atoms with Crippen LogP contribution in [0, 0.1) is 11.8 Å². The van der Waals surface area contributed by atoms with Crippen LogP contribution in [-0.2, 0) is 4.94 Å². The third-order valence-electron chi connectivity index (χ3n) is 6.59. The van der Waals surface area contributed by atoms with Gasteiger partial charge in [-0.3, -0.25) is 4.94 Å². The number of rotatable bonds is 22. The molecule has 0 aromatic heterocycles. The second-order valence-corrected chi connectivity index (χ2v) is 12.5. The fraction of sp³-hybridized carbons (Fsp3) is 0.514. The molecule has 1 nitrogen and oxygen atoms in total. The van der Waals surface area contributed by atoms with Crippen molar-refractivity contribution in [2.45, 2.75) is 111 Å². The summed E-state index contributed by atoms with van der Waals surface area (Å²) in [7, 11) is 0. The molecule has 0 rings (SSSR count). The van der Waals surface area contributed by atoms with Crippen LogP contribution in [0.1, 0.15) is 99.8 Å². The minimum Gasteiger partial charge on any atom is -0.294 e. The van der Waals surface area contributed by atoms with Gasteiger partial charge < -0.3 is 0 Å². The molecule has 0 fully saturated rings. The van der Waals surface area contributed by atoms with E-state index in [4.69, 9.17) is 0 Å². The predicted molar refractivity (Wildman–Crippen MR) is 181 cm³/mol. The summed E-state index contributed by atoms with van der Waals surface area (Å²) in [5, 5.41) is -0.163. The summed E-state index contributed by atoms with van der Waals surface area (Å²) in [4.78, 5) is 3.94. The van der Waals surface area contributed by atoms with Crippen LogP contribution < -0.4 is 0 Å². The van der Waals surface area contributed by atoms with Gasteiger partial charge in [-0.25, -0.2) is 4.39 Å². The highest BCUT2D eigenvalue weighted by atomic mass is 32.2. The van der Waals surface area contributed by atoms with E-state index in [9.17, 15) is 12.8 Å². The van der Waals surface area contributed by atoms with Gasteiger partial charge in [-0.05, 0) is 83.8 Å². The number of halogens is 3. The second kappa shape index (κ2) is 26.2. The highest BCUT2D eigenvalue weighted by Gasteiger charge is 2.09. The predicted octanol–water partition coefficient (Wildman–Crippen LogP) is 13.1. The van der Waals surface area contributed by atoms with Crippen molar-refractivity contribution in [2.75, 3.05) is 0 Å². The van der Waals surface area contributed by atoms with Gasteiger partial charge in [0, 0.05) is 21.9 Å². The smallest absolute Gasteiger partial charge is 0.171 e. The monoisotopic (exact) mass is 604 g/mol. The zero-order chi connectivity index (χ0) is 31.6. The maximum absolute atomic E-state index is 13.1. The van der Waals surface area contributed by atoms with E-state index < -0.39 is 6.17 Å². The highest BCUT2D eigenvalue weighted by molar-refractivity contribution is 7.94. The lowest BCUT2D eigenvalue weighted by molar-refractivity contribution is -0.0764. The zero-order valence-corrected chi connectivity index (χ0v) is 27.8. The molecule has 0 aromatic carbocycles. The summed E-state index contributed by atoms with van der Waals surface area (Å²) in [5.41, 5.74) is 3.23. The zero-order valence-electron chi connectivity index (χ0n) is 27.0.